The number of nitrogens with zero attached hydrogens (tertiary/aromatic N) is 1. The Hall–Kier alpha value is -2.77. The first-order chi connectivity index (χ1) is 11.4. The SMILES string of the molecule is COC(=O)CNC(=O)c1cc(C2CCN(C(=O)O)CC2)ccc1N. The zero-order valence-corrected chi connectivity index (χ0v) is 13.4. The summed E-state index contributed by atoms with van der Waals surface area (Å²) in [6.45, 7) is 0.707. The van der Waals surface area contributed by atoms with E-state index in [1.807, 2.05) is 6.07 Å². The number of benzene rings is 1. The predicted molar refractivity (Wildman–Crippen MR) is 86.8 cm³/mol. The van der Waals surface area contributed by atoms with Crippen molar-refractivity contribution in [1.82, 2.24) is 10.2 Å². The molecule has 1 saturated heterocycles. The smallest absolute Gasteiger partial charge is 0.407 e. The molecular weight excluding hydrogens is 314 g/mol. The molecule has 0 spiro atoms. The summed E-state index contributed by atoms with van der Waals surface area (Å²) in [5.74, 6) is -0.810. The van der Waals surface area contributed by atoms with E-state index < -0.39 is 18.0 Å². The Kier molecular flexibility index (Phi) is 5.62. The maximum atomic E-state index is 12.2. The summed E-state index contributed by atoms with van der Waals surface area (Å²) in [5, 5.41) is 11.5. The Balaban J connectivity index is 2.07. The molecular formula is C16H21N3O5. The predicted octanol–water partition coefficient (Wildman–Crippen LogP) is 1.03. The molecule has 0 aliphatic carbocycles. The third-order valence-corrected chi connectivity index (χ3v) is 4.18. The van der Waals surface area contributed by atoms with Crippen molar-refractivity contribution in [3.8, 4) is 0 Å². The second-order valence-electron chi connectivity index (χ2n) is 5.65. The molecule has 0 radical (unpaired) electrons. The lowest BCUT2D eigenvalue weighted by atomic mass is 9.88. The summed E-state index contributed by atoms with van der Waals surface area (Å²) in [6.07, 6.45) is 0.479. The molecule has 8 heteroatoms. The van der Waals surface area contributed by atoms with Crippen LogP contribution < -0.4 is 11.1 Å². The highest BCUT2D eigenvalue weighted by Crippen LogP contribution is 2.30. The van der Waals surface area contributed by atoms with E-state index in [1.54, 1.807) is 12.1 Å². The summed E-state index contributed by atoms with van der Waals surface area (Å²) in [5.41, 5.74) is 7.43. The minimum Gasteiger partial charge on any atom is -0.468 e. The summed E-state index contributed by atoms with van der Waals surface area (Å²) in [4.78, 5) is 35.6. The first kappa shape index (κ1) is 17.6. The monoisotopic (exact) mass is 335 g/mol. The van der Waals surface area contributed by atoms with Crippen LogP contribution in [0.15, 0.2) is 18.2 Å². The number of anilines is 1. The molecule has 1 aromatic carbocycles. The molecule has 1 heterocycles. The van der Waals surface area contributed by atoms with Crippen LogP contribution in [-0.4, -0.2) is 54.7 Å². The number of likely N-dealkylation sites (tertiary alicyclic amines) is 1. The van der Waals surface area contributed by atoms with Gasteiger partial charge in [-0.25, -0.2) is 4.79 Å². The lowest BCUT2D eigenvalue weighted by Crippen LogP contribution is -2.36. The number of nitrogens with one attached hydrogen (secondary N) is 1. The number of methoxy groups -OCH3 is 1. The van der Waals surface area contributed by atoms with Crippen molar-refractivity contribution in [2.45, 2.75) is 18.8 Å². The van der Waals surface area contributed by atoms with Crippen molar-refractivity contribution in [3.05, 3.63) is 29.3 Å². The third-order valence-electron chi connectivity index (χ3n) is 4.18. The van der Waals surface area contributed by atoms with Crippen LogP contribution in [0.4, 0.5) is 10.5 Å². The number of piperidine rings is 1. The van der Waals surface area contributed by atoms with Crippen molar-refractivity contribution >= 4 is 23.7 Å². The molecule has 1 aliphatic rings. The standard InChI is InChI=1S/C16H21N3O5/c1-24-14(20)9-18-15(21)12-8-11(2-3-13(12)17)10-4-6-19(7-5-10)16(22)23/h2-3,8,10H,4-7,9,17H2,1H3,(H,18,21)(H,22,23). The van der Waals surface area contributed by atoms with Gasteiger partial charge in [0.25, 0.3) is 5.91 Å². The minimum absolute atomic E-state index is 0.174. The fourth-order valence-electron chi connectivity index (χ4n) is 2.75. The minimum atomic E-state index is -0.909. The first-order valence-electron chi connectivity index (χ1n) is 7.64. The molecule has 8 nitrogen and oxygen atoms in total. The van der Waals surface area contributed by atoms with Crippen LogP contribution in [-0.2, 0) is 9.53 Å². The number of carbonyl (C=O) groups is 3. The molecule has 0 saturated carbocycles. The zero-order valence-electron chi connectivity index (χ0n) is 13.4. The topological polar surface area (TPSA) is 122 Å². The second-order valence-corrected chi connectivity index (χ2v) is 5.65. The van der Waals surface area contributed by atoms with Crippen LogP contribution in [0.3, 0.4) is 0 Å². The molecule has 0 bridgehead atoms. The van der Waals surface area contributed by atoms with Crippen LogP contribution in [0.2, 0.25) is 0 Å². The number of carbonyl (C=O) groups excluding carboxylic acids is 2. The second kappa shape index (κ2) is 7.67. The first-order valence-corrected chi connectivity index (χ1v) is 7.64. The molecule has 2 amide bonds. The van der Waals surface area contributed by atoms with Crippen molar-refractivity contribution in [2.75, 3.05) is 32.5 Å². The highest BCUT2D eigenvalue weighted by atomic mass is 16.5. The lowest BCUT2D eigenvalue weighted by Gasteiger charge is -2.30. The molecule has 1 aromatic rings. The molecule has 0 unspecified atom stereocenters. The molecule has 4 N–H and O–H groups in total. The number of carboxylic acid groups (broad SMARTS) is 1. The lowest BCUT2D eigenvalue weighted by molar-refractivity contribution is -0.139. The van der Waals surface area contributed by atoms with Gasteiger partial charge in [-0.15, -0.1) is 0 Å². The number of hydrogen-bond donors (Lipinski definition) is 3. The van der Waals surface area contributed by atoms with Crippen LogP contribution in [0.1, 0.15) is 34.7 Å². The van der Waals surface area contributed by atoms with E-state index >= 15 is 0 Å². The van der Waals surface area contributed by atoms with Gasteiger partial charge in [0.2, 0.25) is 0 Å². The number of rotatable bonds is 4. The summed E-state index contributed by atoms with van der Waals surface area (Å²) < 4.78 is 4.48. The average Bonchev–Trinajstić information content (AvgIpc) is 2.59. The number of nitrogen functional groups attached to an aromatic ring is 1. The zero-order chi connectivity index (χ0) is 17.7. The number of esters is 1. The average molecular weight is 335 g/mol. The van der Waals surface area contributed by atoms with Gasteiger partial charge < -0.3 is 25.8 Å². The van der Waals surface area contributed by atoms with Crippen molar-refractivity contribution < 1.29 is 24.2 Å². The summed E-state index contributed by atoms with van der Waals surface area (Å²) in [7, 11) is 1.24. The number of hydrogen-bond acceptors (Lipinski definition) is 5. The Morgan fingerprint density at radius 1 is 1.33 bits per heavy atom. The van der Waals surface area contributed by atoms with Gasteiger partial charge in [0.15, 0.2) is 0 Å². The highest BCUT2D eigenvalue weighted by molar-refractivity contribution is 6.00. The highest BCUT2D eigenvalue weighted by Gasteiger charge is 2.24. The van der Waals surface area contributed by atoms with Gasteiger partial charge in [-0.2, -0.15) is 0 Å². The van der Waals surface area contributed by atoms with Crippen molar-refractivity contribution in [3.63, 3.8) is 0 Å². The van der Waals surface area contributed by atoms with E-state index in [4.69, 9.17) is 10.8 Å². The molecule has 24 heavy (non-hydrogen) atoms. The van der Waals surface area contributed by atoms with Gasteiger partial charge in [-0.3, -0.25) is 9.59 Å². The Morgan fingerprint density at radius 2 is 2.00 bits per heavy atom. The van der Waals surface area contributed by atoms with Gasteiger partial charge >= 0.3 is 12.1 Å². The van der Waals surface area contributed by atoms with Crippen molar-refractivity contribution in [1.29, 1.82) is 0 Å². The van der Waals surface area contributed by atoms with Crippen LogP contribution in [0, 0.1) is 0 Å². The third kappa shape index (κ3) is 4.15. The van der Waals surface area contributed by atoms with Gasteiger partial charge in [0.1, 0.15) is 6.54 Å². The number of amides is 2. The molecule has 1 aliphatic heterocycles. The molecule has 1 fully saturated rings. The van der Waals surface area contributed by atoms with Crippen LogP contribution >= 0.6 is 0 Å². The maximum Gasteiger partial charge on any atom is 0.407 e. The fraction of sp³-hybridized carbons (Fsp3) is 0.438. The Labute approximate surface area is 139 Å². The quantitative estimate of drug-likeness (QED) is 0.558. The fourth-order valence-corrected chi connectivity index (χ4v) is 2.75. The maximum absolute atomic E-state index is 12.2. The normalized spacial score (nSPS) is 15.0. The van der Waals surface area contributed by atoms with Gasteiger partial charge in [-0.05, 0) is 36.5 Å². The Bertz CT molecular complexity index is 639. The molecule has 0 atom stereocenters. The number of nitrogens with two attached hydrogens (primary N) is 1. The van der Waals surface area contributed by atoms with Gasteiger partial charge in [-0.1, -0.05) is 6.07 Å². The van der Waals surface area contributed by atoms with E-state index in [2.05, 4.69) is 10.1 Å². The van der Waals surface area contributed by atoms with Crippen molar-refractivity contribution in [2.24, 2.45) is 0 Å². The summed E-state index contributed by atoms with van der Waals surface area (Å²) in [6, 6.07) is 5.22. The molecule has 0 aromatic heterocycles. The van der Waals surface area contributed by atoms with E-state index in [1.165, 1.54) is 12.0 Å². The van der Waals surface area contributed by atoms with Crippen LogP contribution in [0.25, 0.3) is 0 Å². The van der Waals surface area contributed by atoms with E-state index in [-0.39, 0.29) is 12.5 Å². The Morgan fingerprint density at radius 3 is 2.58 bits per heavy atom. The van der Waals surface area contributed by atoms with E-state index in [0.717, 1.165) is 5.56 Å². The largest absolute Gasteiger partial charge is 0.468 e. The molecule has 2 rings (SSSR count). The number of ether oxygens (including phenoxy) is 1. The van der Waals surface area contributed by atoms with Gasteiger partial charge in [0.05, 0.1) is 12.7 Å². The van der Waals surface area contributed by atoms with E-state index in [9.17, 15) is 14.4 Å². The van der Waals surface area contributed by atoms with Gasteiger partial charge in [0, 0.05) is 18.8 Å². The van der Waals surface area contributed by atoms with E-state index in [0.29, 0.717) is 37.2 Å². The molecule has 130 valence electrons. The van der Waals surface area contributed by atoms with Crippen LogP contribution in [0.5, 0.6) is 0 Å². The summed E-state index contributed by atoms with van der Waals surface area (Å²) >= 11 is 0.